The molecule has 0 fully saturated rings. The third-order valence-electron chi connectivity index (χ3n) is 3.77. The molecule has 0 aliphatic heterocycles. The Morgan fingerprint density at radius 3 is 1.22 bits per heavy atom. The monoisotopic (exact) mass is 656 g/mol. The molecule has 0 spiro atoms. The number of carbonyl (C=O) groups excluding carboxylic acids is 2. The Morgan fingerprint density at radius 2 is 1.14 bits per heavy atom. The third-order valence-corrected chi connectivity index (χ3v) is 8.35. The summed E-state index contributed by atoms with van der Waals surface area (Å²) in [6.07, 6.45) is 8.17. The number of allylic oxidation sites excluding steroid dienone is 4. The minimum atomic E-state index is -0.125. The number of carbonyl (C=O) groups is 2. The number of thiocarbonyl (C=S) groups is 1. The first-order chi connectivity index (χ1) is 16.8. The Morgan fingerprint density at radius 1 is 0.806 bits per heavy atom. The number of unbranched alkanes of at least 4 members (excludes halogenated alkanes) is 2. The molecule has 0 aliphatic carbocycles. The Bertz CT molecular complexity index is 524. The van der Waals surface area contributed by atoms with Gasteiger partial charge in [-0.15, -0.1) is 12.6 Å². The van der Waals surface area contributed by atoms with Gasteiger partial charge in [0.25, 0.3) is 0 Å². The van der Waals surface area contributed by atoms with E-state index >= 15 is 0 Å². The quantitative estimate of drug-likeness (QED) is 0.0437. The summed E-state index contributed by atoms with van der Waals surface area (Å²) in [6.45, 7) is 22.7. The van der Waals surface area contributed by atoms with Gasteiger partial charge in [-0.25, -0.2) is 0 Å². The summed E-state index contributed by atoms with van der Waals surface area (Å²) in [5.41, 5.74) is 0. The average Bonchev–Trinajstić information content (AvgIpc) is 2.75. The van der Waals surface area contributed by atoms with E-state index in [2.05, 4.69) is 59.5 Å². The molecule has 0 saturated carbocycles. The summed E-state index contributed by atoms with van der Waals surface area (Å²) in [7, 11) is 0. The summed E-state index contributed by atoms with van der Waals surface area (Å²) >= 11 is 8.97. The Kier molecular flexibility index (Phi) is 49.0. The second-order valence-corrected chi connectivity index (χ2v) is 13.1. The fourth-order valence-corrected chi connectivity index (χ4v) is 6.76. The number of nitrogens with one attached hydrogen (secondary N) is 1. The molecule has 0 aromatic carbocycles. The molecule has 0 rings (SSSR count). The van der Waals surface area contributed by atoms with Crippen molar-refractivity contribution in [2.75, 3.05) is 26.2 Å². The van der Waals surface area contributed by atoms with Crippen molar-refractivity contribution < 1.29 is 19.8 Å². The predicted molar refractivity (Wildman–Crippen MR) is 168 cm³/mol. The molecule has 2 radical (unpaired) electrons. The number of nitrogens with zero attached hydrogens (tertiary/aromatic N) is 1. The maximum atomic E-state index is 10.0. The second kappa shape index (κ2) is 38.9. The van der Waals surface area contributed by atoms with Crippen molar-refractivity contribution in [1.82, 2.24) is 10.2 Å². The van der Waals surface area contributed by atoms with Crippen molar-refractivity contribution in [2.45, 2.75) is 104 Å². The van der Waals surface area contributed by atoms with E-state index in [0.29, 0.717) is 4.32 Å². The number of aliphatic hydroxyl groups excluding tert-OH is 2. The van der Waals surface area contributed by atoms with Crippen molar-refractivity contribution in [3.05, 3.63) is 23.7 Å². The second-order valence-electron chi connectivity index (χ2n) is 7.66. The fraction of sp³-hybridized carbons (Fsp3) is 0.741. The zero-order valence-electron chi connectivity index (χ0n) is 24.7. The van der Waals surface area contributed by atoms with Gasteiger partial charge in [-0.3, -0.25) is 9.59 Å². The predicted octanol–water partition coefficient (Wildman–Crippen LogP) is 7.36. The van der Waals surface area contributed by atoms with E-state index < -0.39 is 0 Å². The van der Waals surface area contributed by atoms with Crippen LogP contribution in [-0.2, 0) is 9.59 Å². The van der Waals surface area contributed by atoms with Gasteiger partial charge < -0.3 is 20.4 Å². The zero-order valence-corrected chi connectivity index (χ0v) is 29.3. The van der Waals surface area contributed by atoms with E-state index in [0.717, 1.165) is 26.2 Å². The number of hydrogen-bond donors (Lipinski definition) is 4. The van der Waals surface area contributed by atoms with Crippen LogP contribution in [0, 0.1) is 0 Å². The standard InChI is InChI=1S/C5H11NS2.2C5H8O2.C4H11N.2C4H9.Sn/c1-3-6(4-2)5(7)8;2*1-4(6)3-5(2)7;1-3-5-4-2;2*1-3-4-2;/h3-4H2,1-2H3,(H,7,8);2*3,6H,1-2H3;5H,3-4H2,1-2H3;2*1,3-4H2,2H3;/b;2*4-3-;;;;. The third kappa shape index (κ3) is 64.0. The van der Waals surface area contributed by atoms with Crippen LogP contribution in [0.5, 0.6) is 0 Å². The molecule has 0 aliphatic rings. The Hall–Kier alpha value is -0.581. The van der Waals surface area contributed by atoms with Crippen molar-refractivity contribution in [3.8, 4) is 0 Å². The summed E-state index contributed by atoms with van der Waals surface area (Å²) in [5, 5.41) is 19.8. The van der Waals surface area contributed by atoms with E-state index in [4.69, 9.17) is 22.4 Å². The van der Waals surface area contributed by atoms with Crippen molar-refractivity contribution >= 4 is 61.9 Å². The minimum absolute atomic E-state index is 0.0625. The van der Waals surface area contributed by atoms with Gasteiger partial charge in [0.2, 0.25) is 0 Å². The van der Waals surface area contributed by atoms with E-state index in [9.17, 15) is 9.59 Å². The SMILES string of the molecule is CC(=O)/C=C(/C)O.CC(=O)/C=C(/C)O.CCC[CH2][Sn][CH2]CCC.CCN(CC)C(=S)S.CCNCC. The number of ketones is 2. The smallest absolute Gasteiger partial charge is 0.133 e. The van der Waals surface area contributed by atoms with Crippen LogP contribution >= 0.6 is 24.8 Å². The number of hydrogen-bond acceptors (Lipinski definition) is 6. The molecule has 0 unspecified atom stereocenters. The van der Waals surface area contributed by atoms with Crippen LogP contribution in [0.2, 0.25) is 8.87 Å². The fourth-order valence-electron chi connectivity index (χ4n) is 2.06. The normalized spacial score (nSPS) is 10.1. The summed E-state index contributed by atoms with van der Waals surface area (Å²) in [6, 6.07) is 0. The van der Waals surface area contributed by atoms with Crippen LogP contribution in [0.1, 0.15) is 94.9 Å². The van der Waals surface area contributed by atoms with Crippen LogP contribution in [-0.4, -0.2) is 78.3 Å². The number of aliphatic hydroxyl groups is 2. The molecule has 0 atom stereocenters. The van der Waals surface area contributed by atoms with E-state index in [1.807, 2.05) is 4.90 Å². The molecule has 36 heavy (non-hydrogen) atoms. The van der Waals surface area contributed by atoms with Crippen molar-refractivity contribution in [3.63, 3.8) is 0 Å². The average molecular weight is 656 g/mol. The van der Waals surface area contributed by atoms with Crippen molar-refractivity contribution in [1.29, 1.82) is 0 Å². The molecular weight excluding hydrogens is 599 g/mol. The maximum absolute atomic E-state index is 10.0. The topological polar surface area (TPSA) is 89.9 Å². The van der Waals surface area contributed by atoms with Gasteiger partial charge in [-0.2, -0.15) is 0 Å². The largest absolute Gasteiger partial charge is 0.358 e. The molecular formula is C27H56N2O4S2Sn. The molecule has 0 amide bonds. The summed E-state index contributed by atoms with van der Waals surface area (Å²) in [4.78, 5) is 22.0. The molecule has 9 heteroatoms. The van der Waals surface area contributed by atoms with Gasteiger partial charge in [0.1, 0.15) is 4.32 Å². The first kappa shape index (κ1) is 45.3. The van der Waals surface area contributed by atoms with Crippen LogP contribution in [0.3, 0.4) is 0 Å². The van der Waals surface area contributed by atoms with Crippen LogP contribution < -0.4 is 5.32 Å². The van der Waals surface area contributed by atoms with Crippen LogP contribution in [0.15, 0.2) is 23.7 Å². The molecule has 6 nitrogen and oxygen atoms in total. The van der Waals surface area contributed by atoms with Crippen LogP contribution in [0.4, 0.5) is 0 Å². The molecule has 3 N–H and O–H groups in total. The first-order valence-electron chi connectivity index (χ1n) is 13.0. The minimum Gasteiger partial charge on any atom is -0.358 e. The molecule has 214 valence electrons. The number of thiol groups is 1. The zero-order chi connectivity index (χ0) is 29.4. The van der Waals surface area contributed by atoms with Gasteiger partial charge in [0.05, 0.1) is 11.5 Å². The molecule has 0 aromatic heterocycles. The molecule has 0 saturated heterocycles. The summed E-state index contributed by atoms with van der Waals surface area (Å²) < 4.78 is 3.94. The van der Waals surface area contributed by atoms with Gasteiger partial charge in [-0.05, 0) is 54.6 Å². The Labute approximate surface area is 244 Å². The molecule has 0 heterocycles. The van der Waals surface area contributed by atoms with Crippen molar-refractivity contribution in [2.24, 2.45) is 0 Å². The van der Waals surface area contributed by atoms with Gasteiger partial charge in [0, 0.05) is 25.2 Å². The number of rotatable bonds is 12. The molecule has 0 bridgehead atoms. The summed E-state index contributed by atoms with van der Waals surface area (Å²) in [5.74, 6) is -0.125. The van der Waals surface area contributed by atoms with E-state index in [-0.39, 0.29) is 44.2 Å². The van der Waals surface area contributed by atoms with Gasteiger partial charge >= 0.3 is 69.5 Å². The van der Waals surface area contributed by atoms with E-state index in [1.54, 1.807) is 8.87 Å². The van der Waals surface area contributed by atoms with Gasteiger partial charge in [-0.1, -0.05) is 26.1 Å². The van der Waals surface area contributed by atoms with Crippen LogP contribution in [0.25, 0.3) is 0 Å². The maximum Gasteiger partial charge on any atom is 0.133 e. The molecule has 0 aromatic rings. The first-order valence-corrected chi connectivity index (χ1v) is 17.8. The van der Waals surface area contributed by atoms with E-state index in [1.165, 1.54) is 65.5 Å². The van der Waals surface area contributed by atoms with Gasteiger partial charge in [0.15, 0.2) is 11.6 Å². The Balaban J connectivity index is -0.000000113.